The summed E-state index contributed by atoms with van der Waals surface area (Å²) in [4.78, 5) is 24.5. The summed E-state index contributed by atoms with van der Waals surface area (Å²) in [6.45, 7) is 6.31. The van der Waals surface area contributed by atoms with Crippen molar-refractivity contribution in [3.63, 3.8) is 0 Å². The fourth-order valence-corrected chi connectivity index (χ4v) is 3.18. The van der Waals surface area contributed by atoms with Crippen molar-refractivity contribution in [3.8, 4) is 0 Å². The van der Waals surface area contributed by atoms with Gasteiger partial charge >= 0.3 is 0 Å². The molecule has 0 aromatic heterocycles. The smallest absolute Gasteiger partial charge is 0.251 e. The van der Waals surface area contributed by atoms with Crippen LogP contribution in [-0.4, -0.2) is 24.4 Å². The van der Waals surface area contributed by atoms with E-state index in [9.17, 15) is 9.59 Å². The molecule has 1 aromatic carbocycles. The predicted octanol–water partition coefficient (Wildman–Crippen LogP) is 2.45. The van der Waals surface area contributed by atoms with Crippen molar-refractivity contribution in [3.05, 3.63) is 29.3 Å². The van der Waals surface area contributed by atoms with Crippen LogP contribution in [-0.2, 0) is 4.79 Å². The summed E-state index contributed by atoms with van der Waals surface area (Å²) in [6, 6.07) is 5.45. The van der Waals surface area contributed by atoms with Crippen LogP contribution in [0, 0.1) is 18.8 Å². The highest BCUT2D eigenvalue weighted by Gasteiger charge is 2.32. The van der Waals surface area contributed by atoms with Gasteiger partial charge in [0.2, 0.25) is 5.91 Å². The second-order valence-electron chi connectivity index (χ2n) is 6.68. The summed E-state index contributed by atoms with van der Waals surface area (Å²) in [5, 5.41) is 5.86. The van der Waals surface area contributed by atoms with Gasteiger partial charge in [-0.25, -0.2) is 0 Å². The third-order valence-electron chi connectivity index (χ3n) is 4.46. The Kier molecular flexibility index (Phi) is 5.77. The van der Waals surface area contributed by atoms with Gasteiger partial charge in [-0.15, -0.1) is 0 Å². The Balaban J connectivity index is 2.06. The third kappa shape index (κ3) is 4.32. The first-order valence-electron chi connectivity index (χ1n) is 8.34. The van der Waals surface area contributed by atoms with Crippen LogP contribution >= 0.6 is 0 Å². The maximum absolute atomic E-state index is 12.5. The highest BCUT2D eigenvalue weighted by molar-refractivity contribution is 5.97. The van der Waals surface area contributed by atoms with Gasteiger partial charge in [0.1, 0.15) is 0 Å². The number of nitrogens with one attached hydrogen (secondary N) is 2. The first kappa shape index (κ1) is 17.5. The molecule has 0 saturated heterocycles. The maximum Gasteiger partial charge on any atom is 0.251 e. The van der Waals surface area contributed by atoms with Crippen molar-refractivity contribution in [2.75, 3.05) is 11.9 Å². The van der Waals surface area contributed by atoms with Crippen LogP contribution in [0.4, 0.5) is 5.69 Å². The van der Waals surface area contributed by atoms with Crippen molar-refractivity contribution in [2.45, 2.75) is 46.1 Å². The summed E-state index contributed by atoms with van der Waals surface area (Å²) >= 11 is 0. The lowest BCUT2D eigenvalue weighted by atomic mass is 9.95. The maximum atomic E-state index is 12.5. The number of benzene rings is 1. The number of aryl methyl sites for hydroxylation is 1. The molecule has 0 radical (unpaired) electrons. The first-order valence-corrected chi connectivity index (χ1v) is 8.34. The quantitative estimate of drug-likeness (QED) is 0.780. The van der Waals surface area contributed by atoms with Crippen LogP contribution in [0.1, 0.15) is 49.0 Å². The van der Waals surface area contributed by atoms with Crippen molar-refractivity contribution in [1.29, 1.82) is 0 Å². The summed E-state index contributed by atoms with van der Waals surface area (Å²) in [6.07, 6.45) is 3.00. The van der Waals surface area contributed by atoms with Gasteiger partial charge in [-0.3, -0.25) is 9.59 Å². The number of nitrogens with two attached hydrogens (primary N) is 1. The van der Waals surface area contributed by atoms with E-state index in [1.54, 1.807) is 12.1 Å². The van der Waals surface area contributed by atoms with E-state index in [1.165, 1.54) is 0 Å². The molecule has 4 N–H and O–H groups in total. The molecule has 0 heterocycles. The Hall–Kier alpha value is -1.88. The molecule has 2 rings (SSSR count). The van der Waals surface area contributed by atoms with E-state index < -0.39 is 0 Å². The zero-order valence-electron chi connectivity index (χ0n) is 14.2. The van der Waals surface area contributed by atoms with Gasteiger partial charge in [0, 0.05) is 23.2 Å². The number of carbonyl (C=O) groups is 2. The molecule has 0 spiro atoms. The molecule has 0 bridgehead atoms. The minimum absolute atomic E-state index is 0.00307. The number of carbonyl (C=O) groups excluding carboxylic acids is 2. The van der Waals surface area contributed by atoms with Crippen LogP contribution in [0.25, 0.3) is 0 Å². The van der Waals surface area contributed by atoms with Crippen molar-refractivity contribution in [2.24, 2.45) is 17.6 Å². The molecule has 1 aromatic rings. The normalized spacial score (nSPS) is 20.6. The van der Waals surface area contributed by atoms with E-state index >= 15 is 0 Å². The number of anilines is 1. The van der Waals surface area contributed by atoms with Crippen LogP contribution in [0.15, 0.2) is 18.2 Å². The van der Waals surface area contributed by atoms with Gasteiger partial charge in [0.25, 0.3) is 5.91 Å². The largest absolute Gasteiger partial charge is 0.350 e. The second-order valence-corrected chi connectivity index (χ2v) is 6.68. The Labute approximate surface area is 138 Å². The minimum Gasteiger partial charge on any atom is -0.350 e. The highest BCUT2D eigenvalue weighted by Crippen LogP contribution is 2.32. The molecule has 126 valence electrons. The molecule has 23 heavy (non-hydrogen) atoms. The lowest BCUT2D eigenvalue weighted by Gasteiger charge is -2.18. The molecular formula is C18H27N3O2. The topological polar surface area (TPSA) is 84.2 Å². The fourth-order valence-electron chi connectivity index (χ4n) is 3.18. The minimum atomic E-state index is -0.0973. The molecule has 0 unspecified atom stereocenters. The van der Waals surface area contributed by atoms with Crippen LogP contribution in [0.5, 0.6) is 0 Å². The summed E-state index contributed by atoms with van der Waals surface area (Å²) < 4.78 is 0. The number of hydrogen-bond donors (Lipinski definition) is 3. The third-order valence-corrected chi connectivity index (χ3v) is 4.46. The fraction of sp³-hybridized carbons (Fsp3) is 0.556. The number of hydrogen-bond acceptors (Lipinski definition) is 3. The molecule has 1 fully saturated rings. The summed E-state index contributed by atoms with van der Waals surface area (Å²) in [7, 11) is 0. The Bertz CT molecular complexity index is 584. The summed E-state index contributed by atoms with van der Waals surface area (Å²) in [5.74, 6) is 0.232. The molecule has 5 heteroatoms. The molecule has 2 amide bonds. The first-order chi connectivity index (χ1) is 10.9. The SMILES string of the molecule is Cc1cc(C(=O)NC(C)C)ccc1NC(=O)[C@@H]1CCC[C@@H]1CN. The van der Waals surface area contributed by atoms with Crippen molar-refractivity contribution >= 4 is 17.5 Å². The van der Waals surface area contributed by atoms with Gasteiger partial charge in [-0.05, 0) is 69.8 Å². The van der Waals surface area contributed by atoms with Gasteiger partial charge in [0.15, 0.2) is 0 Å². The van der Waals surface area contributed by atoms with Crippen molar-refractivity contribution in [1.82, 2.24) is 5.32 Å². The van der Waals surface area contributed by atoms with Crippen LogP contribution < -0.4 is 16.4 Å². The zero-order chi connectivity index (χ0) is 17.0. The Morgan fingerprint density at radius 1 is 1.30 bits per heavy atom. The van der Waals surface area contributed by atoms with Gasteiger partial charge in [-0.1, -0.05) is 6.42 Å². The predicted molar refractivity (Wildman–Crippen MR) is 92.3 cm³/mol. The van der Waals surface area contributed by atoms with Crippen LogP contribution in [0.2, 0.25) is 0 Å². The number of rotatable bonds is 5. The van der Waals surface area contributed by atoms with E-state index in [0.29, 0.717) is 12.1 Å². The van der Waals surface area contributed by atoms with E-state index in [2.05, 4.69) is 10.6 Å². The monoisotopic (exact) mass is 317 g/mol. The summed E-state index contributed by atoms with van der Waals surface area (Å²) in [5.41, 5.74) is 8.01. The zero-order valence-corrected chi connectivity index (χ0v) is 14.2. The molecule has 1 saturated carbocycles. The Morgan fingerprint density at radius 2 is 2.04 bits per heavy atom. The second kappa shape index (κ2) is 7.59. The molecular weight excluding hydrogens is 290 g/mol. The van der Waals surface area contributed by atoms with Crippen molar-refractivity contribution < 1.29 is 9.59 Å². The average molecular weight is 317 g/mol. The van der Waals surface area contributed by atoms with E-state index in [0.717, 1.165) is 30.5 Å². The lowest BCUT2D eigenvalue weighted by Crippen LogP contribution is -2.31. The Morgan fingerprint density at radius 3 is 2.65 bits per heavy atom. The van der Waals surface area contributed by atoms with Gasteiger partial charge < -0.3 is 16.4 Å². The number of amides is 2. The highest BCUT2D eigenvalue weighted by atomic mass is 16.2. The standard InChI is InChI=1S/C18H27N3O2/c1-11(2)20-17(22)13-7-8-16(12(3)9-13)21-18(23)15-6-4-5-14(15)10-19/h7-9,11,14-15H,4-6,10,19H2,1-3H3,(H,20,22)(H,21,23)/t14-,15-/m1/s1. The van der Waals surface area contributed by atoms with E-state index in [1.807, 2.05) is 26.8 Å². The molecule has 1 aliphatic rings. The average Bonchev–Trinajstić information content (AvgIpc) is 2.97. The van der Waals surface area contributed by atoms with Gasteiger partial charge in [-0.2, -0.15) is 0 Å². The van der Waals surface area contributed by atoms with Gasteiger partial charge in [0.05, 0.1) is 0 Å². The molecule has 2 atom stereocenters. The lowest BCUT2D eigenvalue weighted by molar-refractivity contribution is -0.120. The molecule has 5 nitrogen and oxygen atoms in total. The molecule has 1 aliphatic carbocycles. The molecule has 0 aliphatic heterocycles. The van der Waals surface area contributed by atoms with E-state index in [-0.39, 0.29) is 29.7 Å². The van der Waals surface area contributed by atoms with Crippen LogP contribution in [0.3, 0.4) is 0 Å². The van der Waals surface area contributed by atoms with E-state index in [4.69, 9.17) is 5.73 Å².